The molecular formula is C10H9F5N2O2. The number of anilines is 1. The molecule has 0 spiro atoms. The van der Waals surface area contributed by atoms with E-state index in [-0.39, 0.29) is 12.7 Å². The fraction of sp³-hybridized carbons (Fsp3) is 0.400. The molecule has 0 saturated carbocycles. The Balaban J connectivity index is 3.46. The third-order valence-electron chi connectivity index (χ3n) is 2.06. The van der Waals surface area contributed by atoms with Gasteiger partial charge in [0.2, 0.25) is 0 Å². The van der Waals surface area contributed by atoms with E-state index in [0.29, 0.717) is 0 Å². The first-order chi connectivity index (χ1) is 8.68. The average Bonchev–Trinajstić information content (AvgIpc) is 2.27. The van der Waals surface area contributed by atoms with Gasteiger partial charge in [-0.3, -0.25) is 0 Å². The first kappa shape index (κ1) is 15.1. The first-order valence-electron chi connectivity index (χ1n) is 5.01. The van der Waals surface area contributed by atoms with Crippen molar-refractivity contribution in [2.45, 2.75) is 19.5 Å². The van der Waals surface area contributed by atoms with Crippen LogP contribution in [0.5, 0.6) is 0 Å². The smallest absolute Gasteiger partial charge is 0.418 e. The highest BCUT2D eigenvalue weighted by Crippen LogP contribution is 2.35. The Bertz CT molecular complexity index is 488. The molecule has 0 bridgehead atoms. The number of rotatable bonds is 3. The van der Waals surface area contributed by atoms with Gasteiger partial charge in [-0.1, -0.05) is 0 Å². The van der Waals surface area contributed by atoms with E-state index in [9.17, 15) is 26.7 Å². The van der Waals surface area contributed by atoms with E-state index in [2.05, 4.69) is 9.72 Å². The molecule has 0 atom stereocenters. The van der Waals surface area contributed by atoms with E-state index in [0.717, 1.165) is 0 Å². The molecule has 0 aliphatic rings. The summed E-state index contributed by atoms with van der Waals surface area (Å²) in [5, 5.41) is 0. The number of hydrogen-bond acceptors (Lipinski definition) is 4. The Morgan fingerprint density at radius 3 is 2.47 bits per heavy atom. The second-order valence-electron chi connectivity index (χ2n) is 3.38. The summed E-state index contributed by atoms with van der Waals surface area (Å²) < 4.78 is 67.4. The van der Waals surface area contributed by atoms with Gasteiger partial charge in [0.15, 0.2) is 5.69 Å². The van der Waals surface area contributed by atoms with Gasteiger partial charge in [0.1, 0.15) is 5.69 Å². The van der Waals surface area contributed by atoms with Crippen LogP contribution in [0.2, 0.25) is 0 Å². The van der Waals surface area contributed by atoms with E-state index in [1.807, 2.05) is 0 Å². The van der Waals surface area contributed by atoms with Gasteiger partial charge in [-0.2, -0.15) is 13.2 Å². The van der Waals surface area contributed by atoms with Crippen molar-refractivity contribution in [3.63, 3.8) is 0 Å². The molecule has 0 saturated heterocycles. The zero-order valence-corrected chi connectivity index (χ0v) is 9.59. The zero-order chi connectivity index (χ0) is 14.8. The molecule has 1 heterocycles. The Kier molecular flexibility index (Phi) is 4.28. The lowest BCUT2D eigenvalue weighted by Gasteiger charge is -2.14. The van der Waals surface area contributed by atoms with Crippen LogP contribution in [0.1, 0.15) is 35.1 Å². The number of nitrogens with zero attached hydrogens (tertiary/aromatic N) is 1. The van der Waals surface area contributed by atoms with Crippen LogP contribution >= 0.6 is 0 Å². The fourth-order valence-electron chi connectivity index (χ4n) is 1.29. The molecule has 106 valence electrons. The summed E-state index contributed by atoms with van der Waals surface area (Å²) in [6, 6.07) is 0.251. The van der Waals surface area contributed by atoms with E-state index in [1.54, 1.807) is 0 Å². The molecule has 4 nitrogen and oxygen atoms in total. The minimum atomic E-state index is -4.95. The van der Waals surface area contributed by atoms with E-state index in [4.69, 9.17) is 5.73 Å². The lowest BCUT2D eigenvalue weighted by atomic mass is 10.1. The van der Waals surface area contributed by atoms with Crippen LogP contribution in [0.4, 0.5) is 27.6 Å². The summed E-state index contributed by atoms with van der Waals surface area (Å²) in [5.74, 6) is -1.43. The fourth-order valence-corrected chi connectivity index (χ4v) is 1.29. The van der Waals surface area contributed by atoms with E-state index >= 15 is 0 Å². The second kappa shape index (κ2) is 5.37. The highest BCUT2D eigenvalue weighted by atomic mass is 19.4. The first-order valence-corrected chi connectivity index (χ1v) is 5.01. The number of aromatic nitrogens is 1. The molecule has 0 radical (unpaired) electrons. The molecule has 1 rings (SSSR count). The third-order valence-corrected chi connectivity index (χ3v) is 2.06. The van der Waals surface area contributed by atoms with Gasteiger partial charge in [0.25, 0.3) is 6.43 Å². The molecule has 1 aromatic heterocycles. The number of halogens is 5. The maximum atomic E-state index is 12.7. The number of carbonyl (C=O) groups is 1. The van der Waals surface area contributed by atoms with Gasteiger partial charge in [0, 0.05) is 0 Å². The van der Waals surface area contributed by atoms with Crippen molar-refractivity contribution >= 4 is 11.7 Å². The maximum absolute atomic E-state index is 12.7. The minimum absolute atomic E-state index is 0.216. The van der Waals surface area contributed by atoms with Gasteiger partial charge >= 0.3 is 12.1 Å². The summed E-state index contributed by atoms with van der Waals surface area (Å²) in [4.78, 5) is 14.3. The molecule has 0 amide bonds. The van der Waals surface area contributed by atoms with Crippen molar-refractivity contribution in [2.75, 3.05) is 12.3 Å². The molecule has 0 aliphatic heterocycles. The zero-order valence-electron chi connectivity index (χ0n) is 9.59. The van der Waals surface area contributed by atoms with Gasteiger partial charge in [-0.25, -0.2) is 18.6 Å². The minimum Gasteiger partial charge on any atom is -0.461 e. The Morgan fingerprint density at radius 1 is 1.47 bits per heavy atom. The quantitative estimate of drug-likeness (QED) is 0.684. The third kappa shape index (κ3) is 3.30. The molecular weight excluding hydrogens is 275 g/mol. The van der Waals surface area contributed by atoms with Gasteiger partial charge in [-0.15, -0.1) is 0 Å². The normalized spacial score (nSPS) is 11.7. The van der Waals surface area contributed by atoms with E-state index in [1.165, 1.54) is 6.92 Å². The number of nitrogens with two attached hydrogens (primary N) is 1. The van der Waals surface area contributed by atoms with E-state index < -0.39 is 41.2 Å². The van der Waals surface area contributed by atoms with Crippen LogP contribution in [-0.2, 0) is 10.9 Å². The molecule has 0 aromatic carbocycles. The van der Waals surface area contributed by atoms with Crippen molar-refractivity contribution in [2.24, 2.45) is 0 Å². The van der Waals surface area contributed by atoms with Crippen molar-refractivity contribution in [3.8, 4) is 0 Å². The van der Waals surface area contributed by atoms with Crippen LogP contribution in [0, 0.1) is 0 Å². The van der Waals surface area contributed by atoms with Gasteiger partial charge in [0.05, 0.1) is 17.9 Å². The lowest BCUT2D eigenvalue weighted by molar-refractivity contribution is -0.138. The number of pyridine rings is 1. The van der Waals surface area contributed by atoms with Crippen molar-refractivity contribution in [1.82, 2.24) is 4.98 Å². The van der Waals surface area contributed by atoms with Crippen molar-refractivity contribution in [3.05, 3.63) is 23.0 Å². The summed E-state index contributed by atoms with van der Waals surface area (Å²) >= 11 is 0. The molecule has 0 aliphatic carbocycles. The van der Waals surface area contributed by atoms with Crippen LogP contribution < -0.4 is 5.73 Å². The van der Waals surface area contributed by atoms with Gasteiger partial charge < -0.3 is 10.5 Å². The predicted octanol–water partition coefficient (Wildman–Crippen LogP) is 2.80. The molecule has 19 heavy (non-hydrogen) atoms. The topological polar surface area (TPSA) is 65.2 Å². The monoisotopic (exact) mass is 284 g/mol. The largest absolute Gasteiger partial charge is 0.461 e. The average molecular weight is 284 g/mol. The molecule has 9 heteroatoms. The van der Waals surface area contributed by atoms with Crippen molar-refractivity contribution < 1.29 is 31.5 Å². The summed E-state index contributed by atoms with van der Waals surface area (Å²) in [6.07, 6.45) is -8.15. The molecule has 0 unspecified atom stereocenters. The number of ether oxygens (including phenoxy) is 1. The molecule has 2 N–H and O–H groups in total. The Morgan fingerprint density at radius 2 is 2.05 bits per heavy atom. The number of carbonyl (C=O) groups excluding carboxylic acids is 1. The highest BCUT2D eigenvalue weighted by molar-refractivity contribution is 5.89. The molecule has 0 fully saturated rings. The second-order valence-corrected chi connectivity index (χ2v) is 3.38. The van der Waals surface area contributed by atoms with Crippen LogP contribution in [-0.4, -0.2) is 17.6 Å². The van der Waals surface area contributed by atoms with Crippen LogP contribution in [0.3, 0.4) is 0 Å². The SMILES string of the molecule is CCOC(=O)c1nc(C(F)F)c(N)cc1C(F)(F)F. The number of nitrogen functional groups attached to an aromatic ring is 1. The van der Waals surface area contributed by atoms with Gasteiger partial charge in [-0.05, 0) is 13.0 Å². The summed E-state index contributed by atoms with van der Waals surface area (Å²) in [6.45, 7) is 1.14. The Labute approximate surface area is 104 Å². The number of hydrogen-bond donors (Lipinski definition) is 1. The predicted molar refractivity (Wildman–Crippen MR) is 54.6 cm³/mol. The Hall–Kier alpha value is -1.93. The summed E-state index contributed by atoms with van der Waals surface area (Å²) in [7, 11) is 0. The maximum Gasteiger partial charge on any atom is 0.418 e. The summed E-state index contributed by atoms with van der Waals surface area (Å²) in [5.41, 5.74) is 0.413. The lowest BCUT2D eigenvalue weighted by Crippen LogP contribution is -2.19. The van der Waals surface area contributed by atoms with Crippen LogP contribution in [0.25, 0.3) is 0 Å². The number of alkyl halides is 5. The van der Waals surface area contributed by atoms with Crippen molar-refractivity contribution in [1.29, 1.82) is 0 Å². The molecule has 1 aromatic rings. The number of esters is 1. The highest BCUT2D eigenvalue weighted by Gasteiger charge is 2.38. The standard InChI is InChI=1S/C10H9F5N2O2/c1-2-19-9(18)6-4(10(13,14)15)3-5(16)7(17-6)8(11)12/h3,8H,2,16H2,1H3. The van der Waals surface area contributed by atoms with Crippen LogP contribution in [0.15, 0.2) is 6.07 Å².